The van der Waals surface area contributed by atoms with Gasteiger partial charge in [0, 0.05) is 31.1 Å². The average Bonchev–Trinajstić information content (AvgIpc) is 3.32. The number of para-hydroxylation sites is 2. The molecule has 0 saturated carbocycles. The maximum Gasteiger partial charge on any atom is 0.146 e. The summed E-state index contributed by atoms with van der Waals surface area (Å²) in [4.78, 5) is 19.1. The van der Waals surface area contributed by atoms with E-state index in [0.29, 0.717) is 0 Å². The largest absolute Gasteiger partial charge is 0.379 e. The second-order valence-corrected chi connectivity index (χ2v) is 9.25. The summed E-state index contributed by atoms with van der Waals surface area (Å²) in [6.07, 6.45) is 2.92. The molecule has 8 heteroatoms. The number of nitrogens with one attached hydrogen (secondary N) is 1. The number of thiophene rings is 1. The first-order chi connectivity index (χ1) is 15.2. The van der Waals surface area contributed by atoms with Gasteiger partial charge in [0.25, 0.3) is 0 Å². The molecule has 0 aliphatic carbocycles. The minimum atomic E-state index is 0.769. The van der Waals surface area contributed by atoms with Crippen LogP contribution in [0.3, 0.4) is 0 Å². The Labute approximate surface area is 186 Å². The zero-order valence-electron chi connectivity index (χ0n) is 18.1. The lowest BCUT2D eigenvalue weighted by molar-refractivity contribution is 0.0331. The SMILES string of the molecule is Cc1sc2nc(CN3CCOCC3)nc(NCCCn3cnc4ccccc43)c2c1C. The van der Waals surface area contributed by atoms with E-state index >= 15 is 0 Å². The number of aromatic nitrogens is 4. The van der Waals surface area contributed by atoms with Gasteiger partial charge in [-0.3, -0.25) is 4.90 Å². The van der Waals surface area contributed by atoms with E-state index in [4.69, 9.17) is 14.7 Å². The molecule has 4 heterocycles. The fourth-order valence-corrected chi connectivity index (χ4v) is 5.14. The molecule has 31 heavy (non-hydrogen) atoms. The second-order valence-electron chi connectivity index (χ2n) is 8.05. The lowest BCUT2D eigenvalue weighted by Crippen LogP contribution is -2.36. The van der Waals surface area contributed by atoms with Crippen LogP contribution in [0.2, 0.25) is 0 Å². The van der Waals surface area contributed by atoms with E-state index in [2.05, 4.69) is 51.8 Å². The number of benzene rings is 1. The van der Waals surface area contributed by atoms with E-state index in [-0.39, 0.29) is 0 Å². The molecular formula is C23H28N6OS. The van der Waals surface area contributed by atoms with Crippen LogP contribution in [-0.2, 0) is 17.8 Å². The minimum Gasteiger partial charge on any atom is -0.379 e. The zero-order chi connectivity index (χ0) is 21.2. The molecule has 4 aromatic rings. The van der Waals surface area contributed by atoms with E-state index < -0.39 is 0 Å². The number of aryl methyl sites for hydroxylation is 3. The molecule has 0 amide bonds. The fraction of sp³-hybridized carbons (Fsp3) is 0.435. The number of morpholine rings is 1. The van der Waals surface area contributed by atoms with Crippen LogP contribution < -0.4 is 5.32 Å². The highest BCUT2D eigenvalue weighted by Gasteiger charge is 2.17. The smallest absolute Gasteiger partial charge is 0.146 e. The standard InChI is InChI=1S/C23H28N6OS/c1-16-17(2)31-23-21(16)22(26-20(27-23)14-28-10-12-30-13-11-28)24-8-5-9-29-15-25-18-6-3-4-7-19(18)29/h3-4,6-7,15H,5,8-14H2,1-2H3,(H,24,26,27). The molecular weight excluding hydrogens is 408 g/mol. The third-order valence-electron chi connectivity index (χ3n) is 5.94. The molecule has 1 aliphatic heterocycles. The summed E-state index contributed by atoms with van der Waals surface area (Å²) in [6.45, 7) is 10.3. The molecule has 1 saturated heterocycles. The van der Waals surface area contributed by atoms with Gasteiger partial charge in [-0.15, -0.1) is 11.3 Å². The van der Waals surface area contributed by atoms with Crippen molar-refractivity contribution in [2.75, 3.05) is 38.2 Å². The van der Waals surface area contributed by atoms with E-state index in [1.807, 2.05) is 12.4 Å². The summed E-state index contributed by atoms with van der Waals surface area (Å²) in [5.74, 6) is 1.85. The molecule has 0 bridgehead atoms. The van der Waals surface area contributed by atoms with Crippen LogP contribution in [0.15, 0.2) is 30.6 Å². The van der Waals surface area contributed by atoms with Crippen molar-refractivity contribution in [1.29, 1.82) is 0 Å². The Morgan fingerprint density at radius 3 is 2.84 bits per heavy atom. The molecule has 0 atom stereocenters. The van der Waals surface area contributed by atoms with Gasteiger partial charge in [-0.1, -0.05) is 12.1 Å². The number of anilines is 1. The molecule has 0 spiro atoms. The Bertz CT molecular complexity index is 1190. The van der Waals surface area contributed by atoms with E-state index in [9.17, 15) is 0 Å². The van der Waals surface area contributed by atoms with Gasteiger partial charge in [-0.05, 0) is 38.0 Å². The van der Waals surface area contributed by atoms with Gasteiger partial charge < -0.3 is 14.6 Å². The number of imidazole rings is 1. The summed E-state index contributed by atoms with van der Waals surface area (Å²) in [5, 5.41) is 4.78. The van der Waals surface area contributed by atoms with Crippen LogP contribution in [0.25, 0.3) is 21.3 Å². The van der Waals surface area contributed by atoms with Crippen LogP contribution in [0, 0.1) is 13.8 Å². The monoisotopic (exact) mass is 436 g/mol. The van der Waals surface area contributed by atoms with Crippen molar-refractivity contribution in [2.45, 2.75) is 33.4 Å². The first kappa shape index (κ1) is 20.4. The number of hydrogen-bond acceptors (Lipinski definition) is 7. The number of hydrogen-bond donors (Lipinski definition) is 1. The normalized spacial score (nSPS) is 15.2. The third kappa shape index (κ3) is 4.28. The number of rotatable bonds is 7. The van der Waals surface area contributed by atoms with Gasteiger partial charge in [0.1, 0.15) is 16.5 Å². The van der Waals surface area contributed by atoms with Crippen LogP contribution in [-0.4, -0.2) is 57.3 Å². The quantitative estimate of drug-likeness (QED) is 0.442. The fourth-order valence-electron chi connectivity index (χ4n) is 4.10. The second kappa shape index (κ2) is 8.90. The van der Waals surface area contributed by atoms with Crippen LogP contribution in [0.4, 0.5) is 5.82 Å². The van der Waals surface area contributed by atoms with Crippen LogP contribution in [0.1, 0.15) is 22.7 Å². The highest BCUT2D eigenvalue weighted by Crippen LogP contribution is 2.33. The first-order valence-corrected chi connectivity index (χ1v) is 11.7. The van der Waals surface area contributed by atoms with Gasteiger partial charge in [0.2, 0.25) is 0 Å². The molecule has 7 nitrogen and oxygen atoms in total. The van der Waals surface area contributed by atoms with Gasteiger partial charge >= 0.3 is 0 Å². The molecule has 1 aromatic carbocycles. The molecule has 0 radical (unpaired) electrons. The van der Waals surface area contributed by atoms with E-state index in [0.717, 1.165) is 74.3 Å². The third-order valence-corrected chi connectivity index (χ3v) is 7.04. The van der Waals surface area contributed by atoms with Crippen molar-refractivity contribution in [3.8, 4) is 0 Å². The predicted molar refractivity (Wildman–Crippen MR) is 126 cm³/mol. The Morgan fingerprint density at radius 2 is 1.97 bits per heavy atom. The lowest BCUT2D eigenvalue weighted by Gasteiger charge is -2.25. The van der Waals surface area contributed by atoms with E-state index in [1.54, 1.807) is 11.3 Å². The Morgan fingerprint density at radius 1 is 1.13 bits per heavy atom. The first-order valence-electron chi connectivity index (χ1n) is 10.9. The Hall–Kier alpha value is -2.55. The van der Waals surface area contributed by atoms with Crippen molar-refractivity contribution in [3.63, 3.8) is 0 Å². The van der Waals surface area contributed by atoms with Gasteiger partial charge in [-0.25, -0.2) is 15.0 Å². The van der Waals surface area contributed by atoms with E-state index in [1.165, 1.54) is 21.3 Å². The zero-order valence-corrected chi connectivity index (χ0v) is 18.9. The molecule has 1 N–H and O–H groups in total. The summed E-state index contributed by atoms with van der Waals surface area (Å²) >= 11 is 1.76. The minimum absolute atomic E-state index is 0.769. The van der Waals surface area contributed by atoms with Crippen molar-refractivity contribution >= 4 is 38.4 Å². The average molecular weight is 437 g/mol. The summed E-state index contributed by atoms with van der Waals surface area (Å²) in [7, 11) is 0. The highest BCUT2D eigenvalue weighted by molar-refractivity contribution is 7.18. The number of fused-ring (bicyclic) bond motifs is 2. The topological polar surface area (TPSA) is 68.1 Å². The predicted octanol–water partition coefficient (Wildman–Crippen LogP) is 3.99. The summed E-state index contributed by atoms with van der Waals surface area (Å²) in [5.41, 5.74) is 3.51. The van der Waals surface area contributed by atoms with Crippen molar-refractivity contribution in [3.05, 3.63) is 46.9 Å². The van der Waals surface area contributed by atoms with Gasteiger partial charge in [-0.2, -0.15) is 0 Å². The number of nitrogens with zero attached hydrogens (tertiary/aromatic N) is 5. The van der Waals surface area contributed by atoms with Crippen molar-refractivity contribution in [2.24, 2.45) is 0 Å². The highest BCUT2D eigenvalue weighted by atomic mass is 32.1. The van der Waals surface area contributed by atoms with Crippen molar-refractivity contribution in [1.82, 2.24) is 24.4 Å². The molecule has 162 valence electrons. The molecule has 5 rings (SSSR count). The van der Waals surface area contributed by atoms with Crippen molar-refractivity contribution < 1.29 is 4.74 Å². The van der Waals surface area contributed by atoms with Crippen LogP contribution in [0.5, 0.6) is 0 Å². The van der Waals surface area contributed by atoms with Gasteiger partial charge in [0.05, 0.1) is 42.5 Å². The Balaban J connectivity index is 1.31. The maximum atomic E-state index is 5.47. The molecule has 3 aromatic heterocycles. The summed E-state index contributed by atoms with van der Waals surface area (Å²) in [6, 6.07) is 8.27. The van der Waals surface area contributed by atoms with Crippen LogP contribution >= 0.6 is 11.3 Å². The summed E-state index contributed by atoms with van der Waals surface area (Å²) < 4.78 is 7.69. The lowest BCUT2D eigenvalue weighted by atomic mass is 10.2. The van der Waals surface area contributed by atoms with Gasteiger partial charge in [0.15, 0.2) is 0 Å². The number of ether oxygens (including phenoxy) is 1. The molecule has 1 fully saturated rings. The maximum absolute atomic E-state index is 5.47. The molecule has 1 aliphatic rings. The Kier molecular flexibility index (Phi) is 5.85. The molecule has 0 unspecified atom stereocenters.